The summed E-state index contributed by atoms with van der Waals surface area (Å²) >= 11 is 0. The highest BCUT2D eigenvalue weighted by molar-refractivity contribution is 5.90. The number of fused-ring (bicyclic) bond motifs is 1. The summed E-state index contributed by atoms with van der Waals surface area (Å²) in [5.74, 6) is -0.267. The number of nitrogens with zero attached hydrogens (tertiary/aromatic N) is 3. The van der Waals surface area contributed by atoms with Gasteiger partial charge >= 0.3 is 6.03 Å². The van der Waals surface area contributed by atoms with Crippen LogP contribution in [0.25, 0.3) is 0 Å². The molecule has 10 heteroatoms. The van der Waals surface area contributed by atoms with Gasteiger partial charge in [0, 0.05) is 45.0 Å². The molecule has 5 rings (SSSR count). The lowest BCUT2D eigenvalue weighted by Gasteiger charge is -2.26. The fraction of sp³-hybridized carbons (Fsp3) is 0.524. The van der Waals surface area contributed by atoms with E-state index in [1.807, 2.05) is 15.9 Å². The number of aromatic amines is 1. The lowest BCUT2D eigenvalue weighted by Crippen LogP contribution is -2.38. The predicted octanol–water partition coefficient (Wildman–Crippen LogP) is 3.33. The molecule has 2 aromatic rings. The van der Waals surface area contributed by atoms with Crippen LogP contribution in [0.1, 0.15) is 37.5 Å². The smallest absolute Gasteiger partial charge is 0.321 e. The van der Waals surface area contributed by atoms with E-state index in [1.165, 1.54) is 6.07 Å². The van der Waals surface area contributed by atoms with Crippen LogP contribution < -0.4 is 20.9 Å². The van der Waals surface area contributed by atoms with E-state index < -0.39 is 0 Å². The van der Waals surface area contributed by atoms with Crippen LogP contribution in [0.15, 0.2) is 18.3 Å². The third kappa shape index (κ3) is 4.12. The standard InChI is InChI=1S/C21H28FN7O2/c22-14-11-15-16(12-18(14)28-7-4-9-31-10-8-28)25-20(24-15)19-17(13-23-27-19)26-21(30)29-5-2-1-3-6-29/h11-13,20,24-25H,1-10H2,(H,23,27)(H,26,30). The largest absolute Gasteiger partial charge is 0.380 e. The molecule has 2 amide bonds. The number of aromatic nitrogens is 2. The van der Waals surface area contributed by atoms with Gasteiger partial charge in [0.15, 0.2) is 0 Å². The highest BCUT2D eigenvalue weighted by Gasteiger charge is 2.29. The molecule has 1 aromatic heterocycles. The number of urea groups is 1. The molecule has 0 radical (unpaired) electrons. The number of hydrogen-bond donors (Lipinski definition) is 4. The Morgan fingerprint density at radius 2 is 1.87 bits per heavy atom. The van der Waals surface area contributed by atoms with E-state index in [2.05, 4.69) is 26.1 Å². The molecule has 1 atom stereocenters. The van der Waals surface area contributed by atoms with Gasteiger partial charge in [0.05, 0.1) is 29.4 Å². The van der Waals surface area contributed by atoms with Gasteiger partial charge in [-0.1, -0.05) is 0 Å². The van der Waals surface area contributed by atoms with Gasteiger partial charge in [0.1, 0.15) is 17.7 Å². The Morgan fingerprint density at radius 3 is 2.71 bits per heavy atom. The van der Waals surface area contributed by atoms with Crippen molar-refractivity contribution in [2.45, 2.75) is 31.8 Å². The first-order chi connectivity index (χ1) is 15.2. The zero-order valence-corrected chi connectivity index (χ0v) is 17.4. The normalized spacial score (nSPS) is 21.1. The minimum Gasteiger partial charge on any atom is -0.380 e. The first-order valence-electron chi connectivity index (χ1n) is 11.0. The van der Waals surface area contributed by atoms with Crippen molar-refractivity contribution in [1.29, 1.82) is 0 Å². The summed E-state index contributed by atoms with van der Waals surface area (Å²) in [6.07, 6.45) is 5.40. The molecule has 0 spiro atoms. The topological polar surface area (TPSA) is 97.5 Å². The van der Waals surface area contributed by atoms with Gasteiger partial charge < -0.3 is 30.5 Å². The number of piperidine rings is 1. The number of H-pyrrole nitrogens is 1. The van der Waals surface area contributed by atoms with E-state index in [9.17, 15) is 9.18 Å². The number of ether oxygens (including phenoxy) is 1. The molecule has 4 heterocycles. The van der Waals surface area contributed by atoms with Crippen LogP contribution in [0.3, 0.4) is 0 Å². The Bertz CT molecular complexity index is 936. The SMILES string of the molecule is O=C(Nc1c[nH]nc1C1Nc2cc(F)c(N3CCCOCC3)cc2N1)N1CCCCC1. The molecule has 166 valence electrons. The summed E-state index contributed by atoms with van der Waals surface area (Å²) in [4.78, 5) is 16.5. The first kappa shape index (κ1) is 19.9. The van der Waals surface area contributed by atoms with Crippen molar-refractivity contribution < 1.29 is 13.9 Å². The van der Waals surface area contributed by atoms with E-state index in [0.717, 1.165) is 51.0 Å². The van der Waals surface area contributed by atoms with E-state index in [1.54, 1.807) is 6.20 Å². The third-order valence-electron chi connectivity index (χ3n) is 6.08. The van der Waals surface area contributed by atoms with Crippen molar-refractivity contribution in [2.24, 2.45) is 0 Å². The van der Waals surface area contributed by atoms with Gasteiger partial charge in [0.2, 0.25) is 0 Å². The highest BCUT2D eigenvalue weighted by atomic mass is 19.1. The maximum absolute atomic E-state index is 14.9. The zero-order valence-electron chi connectivity index (χ0n) is 17.4. The summed E-state index contributed by atoms with van der Waals surface area (Å²) in [5.41, 5.74) is 3.29. The van der Waals surface area contributed by atoms with E-state index >= 15 is 0 Å². The van der Waals surface area contributed by atoms with Gasteiger partial charge in [-0.15, -0.1) is 0 Å². The number of anilines is 4. The zero-order chi connectivity index (χ0) is 21.2. The molecule has 9 nitrogen and oxygen atoms in total. The van der Waals surface area contributed by atoms with E-state index in [0.29, 0.717) is 42.5 Å². The third-order valence-corrected chi connectivity index (χ3v) is 6.08. The number of carbonyl (C=O) groups is 1. The summed E-state index contributed by atoms with van der Waals surface area (Å²) in [7, 11) is 0. The predicted molar refractivity (Wildman–Crippen MR) is 117 cm³/mol. The van der Waals surface area contributed by atoms with Crippen LogP contribution in [0, 0.1) is 5.82 Å². The monoisotopic (exact) mass is 429 g/mol. The quantitative estimate of drug-likeness (QED) is 0.598. The Kier molecular flexibility index (Phi) is 5.54. The molecule has 0 bridgehead atoms. The lowest BCUT2D eigenvalue weighted by atomic mass is 10.1. The molecule has 4 N–H and O–H groups in total. The number of hydrogen-bond acceptors (Lipinski definition) is 6. The molecule has 3 aliphatic heterocycles. The Labute approximate surface area is 180 Å². The number of likely N-dealkylation sites (tertiary alicyclic amines) is 1. The van der Waals surface area contributed by atoms with Crippen LogP contribution in [0.5, 0.6) is 0 Å². The fourth-order valence-corrected chi connectivity index (χ4v) is 4.43. The van der Waals surface area contributed by atoms with Crippen molar-refractivity contribution in [3.05, 3.63) is 29.8 Å². The van der Waals surface area contributed by atoms with Crippen LogP contribution in [0.2, 0.25) is 0 Å². The fourth-order valence-electron chi connectivity index (χ4n) is 4.43. The number of carbonyl (C=O) groups excluding carboxylic acids is 1. The van der Waals surface area contributed by atoms with Gasteiger partial charge in [-0.05, 0) is 31.7 Å². The first-order valence-corrected chi connectivity index (χ1v) is 11.0. The molecule has 2 fully saturated rings. The average molecular weight is 430 g/mol. The molecular formula is C21H28FN7O2. The Hall–Kier alpha value is -3.01. The maximum atomic E-state index is 14.9. The van der Waals surface area contributed by atoms with E-state index in [-0.39, 0.29) is 18.0 Å². The molecule has 0 saturated carbocycles. The summed E-state index contributed by atoms with van der Waals surface area (Å²) < 4.78 is 20.3. The number of halogens is 1. The molecule has 2 saturated heterocycles. The second-order valence-electron chi connectivity index (χ2n) is 8.19. The van der Waals surface area contributed by atoms with Crippen LogP contribution in [-0.2, 0) is 4.74 Å². The second-order valence-corrected chi connectivity index (χ2v) is 8.19. The lowest BCUT2D eigenvalue weighted by molar-refractivity contribution is 0.152. The number of amides is 2. The summed E-state index contributed by atoms with van der Waals surface area (Å²) in [5, 5.41) is 16.8. The van der Waals surface area contributed by atoms with Crippen molar-refractivity contribution >= 4 is 28.8 Å². The van der Waals surface area contributed by atoms with Crippen LogP contribution in [-0.4, -0.2) is 60.5 Å². The van der Waals surface area contributed by atoms with Crippen LogP contribution in [0.4, 0.5) is 31.9 Å². The van der Waals surface area contributed by atoms with Crippen LogP contribution >= 0.6 is 0 Å². The molecular weight excluding hydrogens is 401 g/mol. The summed E-state index contributed by atoms with van der Waals surface area (Å²) in [6.45, 7) is 4.27. The Balaban J connectivity index is 1.31. The van der Waals surface area contributed by atoms with Crippen molar-refractivity contribution in [1.82, 2.24) is 15.1 Å². The number of rotatable bonds is 3. The number of benzene rings is 1. The number of nitrogens with one attached hydrogen (secondary N) is 4. The molecule has 3 aliphatic rings. The van der Waals surface area contributed by atoms with Crippen molar-refractivity contribution in [2.75, 3.05) is 60.2 Å². The Morgan fingerprint density at radius 1 is 1.06 bits per heavy atom. The minimum atomic E-state index is -0.375. The highest BCUT2D eigenvalue weighted by Crippen LogP contribution is 2.40. The average Bonchev–Trinajstić information content (AvgIpc) is 3.31. The van der Waals surface area contributed by atoms with Gasteiger partial charge in [0.25, 0.3) is 0 Å². The van der Waals surface area contributed by atoms with Crippen molar-refractivity contribution in [3.63, 3.8) is 0 Å². The second kappa shape index (κ2) is 8.62. The minimum absolute atomic E-state index is 0.116. The summed E-state index contributed by atoms with van der Waals surface area (Å²) in [6, 6.07) is 3.23. The van der Waals surface area contributed by atoms with E-state index in [4.69, 9.17) is 4.74 Å². The molecule has 0 aliphatic carbocycles. The van der Waals surface area contributed by atoms with Gasteiger partial charge in [-0.25, -0.2) is 9.18 Å². The molecule has 31 heavy (non-hydrogen) atoms. The maximum Gasteiger partial charge on any atom is 0.321 e. The molecule has 1 unspecified atom stereocenters. The van der Waals surface area contributed by atoms with Gasteiger partial charge in [-0.2, -0.15) is 5.10 Å². The molecule has 1 aromatic carbocycles. The van der Waals surface area contributed by atoms with Gasteiger partial charge in [-0.3, -0.25) is 5.10 Å². The van der Waals surface area contributed by atoms with Crippen molar-refractivity contribution in [3.8, 4) is 0 Å².